The fourth-order valence-electron chi connectivity index (χ4n) is 2.46. The van der Waals surface area contributed by atoms with Crippen LogP contribution in [0.4, 0.5) is 5.69 Å². The van der Waals surface area contributed by atoms with Gasteiger partial charge >= 0.3 is 0 Å². The number of halogens is 1. The van der Waals surface area contributed by atoms with Crippen LogP contribution in [0, 0.1) is 0 Å². The normalized spacial score (nSPS) is 16.3. The number of nitrogens with two attached hydrogens (primary N) is 1. The lowest BCUT2D eigenvalue weighted by Crippen LogP contribution is -2.31. The summed E-state index contributed by atoms with van der Waals surface area (Å²) >= 11 is 6.00. The summed E-state index contributed by atoms with van der Waals surface area (Å²) in [5, 5.41) is 3.29. The second-order valence-corrected chi connectivity index (χ2v) is 5.03. The minimum Gasteiger partial charge on any atom is -0.325 e. The first-order chi connectivity index (χ1) is 10.1. The van der Waals surface area contributed by atoms with E-state index >= 15 is 0 Å². The van der Waals surface area contributed by atoms with Crippen molar-refractivity contribution in [2.24, 2.45) is 5.84 Å². The third-order valence-electron chi connectivity index (χ3n) is 3.38. The molecule has 1 atom stereocenters. The minimum atomic E-state index is -0.639. The van der Waals surface area contributed by atoms with Crippen molar-refractivity contribution in [3.05, 3.63) is 58.4 Å². The van der Waals surface area contributed by atoms with Crippen molar-refractivity contribution in [1.29, 1.82) is 0 Å². The van der Waals surface area contributed by atoms with Crippen molar-refractivity contribution in [1.82, 2.24) is 10.4 Å². The molecule has 21 heavy (non-hydrogen) atoms. The molecule has 0 saturated carbocycles. The predicted molar refractivity (Wildman–Crippen MR) is 77.8 cm³/mol. The van der Waals surface area contributed by atoms with Gasteiger partial charge in [-0.15, -0.1) is 0 Å². The van der Waals surface area contributed by atoms with Gasteiger partial charge < -0.3 is 5.32 Å². The highest BCUT2D eigenvalue weighted by molar-refractivity contribution is 6.31. The van der Waals surface area contributed by atoms with Crippen molar-refractivity contribution < 1.29 is 9.59 Å². The summed E-state index contributed by atoms with van der Waals surface area (Å²) in [4.78, 5) is 28.1. The number of fused-ring (bicyclic) bond motifs is 1. The highest BCUT2D eigenvalue weighted by Crippen LogP contribution is 2.39. The number of benzene rings is 1. The lowest BCUT2D eigenvalue weighted by molar-refractivity contribution is -0.116. The SMILES string of the molecule is NNC(=O)c1ccncc1[C@@H]1C(=O)Nc2ccc(Cl)cc21. The second kappa shape index (κ2) is 5.16. The van der Waals surface area contributed by atoms with Gasteiger partial charge in [-0.2, -0.15) is 0 Å². The zero-order valence-corrected chi connectivity index (χ0v) is 11.5. The van der Waals surface area contributed by atoms with Crippen LogP contribution in [0.3, 0.4) is 0 Å². The molecule has 1 aliphatic heterocycles. The molecule has 2 heterocycles. The molecule has 4 N–H and O–H groups in total. The first-order valence-corrected chi connectivity index (χ1v) is 6.55. The summed E-state index contributed by atoms with van der Waals surface area (Å²) in [6.45, 7) is 0. The first-order valence-electron chi connectivity index (χ1n) is 6.17. The molecule has 0 saturated heterocycles. The van der Waals surface area contributed by atoms with Gasteiger partial charge in [0.2, 0.25) is 5.91 Å². The Balaban J connectivity index is 2.16. The topological polar surface area (TPSA) is 97.1 Å². The maximum Gasteiger partial charge on any atom is 0.265 e. The molecule has 0 fully saturated rings. The van der Waals surface area contributed by atoms with Crippen LogP contribution in [0.15, 0.2) is 36.7 Å². The van der Waals surface area contributed by atoms with Crippen LogP contribution in [0.5, 0.6) is 0 Å². The molecule has 106 valence electrons. The number of nitrogen functional groups attached to an aromatic ring is 1. The summed E-state index contributed by atoms with van der Waals surface area (Å²) in [5.74, 6) is 3.84. The van der Waals surface area contributed by atoms with Crippen LogP contribution >= 0.6 is 11.6 Å². The summed E-state index contributed by atoms with van der Waals surface area (Å²) in [5.41, 5.74) is 4.25. The molecular weight excluding hydrogens is 292 g/mol. The van der Waals surface area contributed by atoms with Gasteiger partial charge in [0.05, 0.1) is 5.92 Å². The fourth-order valence-corrected chi connectivity index (χ4v) is 2.64. The van der Waals surface area contributed by atoms with Crippen LogP contribution in [0.1, 0.15) is 27.4 Å². The minimum absolute atomic E-state index is 0.230. The molecule has 2 aromatic rings. The number of nitrogens with one attached hydrogen (secondary N) is 2. The van der Waals surface area contributed by atoms with E-state index in [0.717, 1.165) is 0 Å². The lowest BCUT2D eigenvalue weighted by Gasteiger charge is -2.13. The van der Waals surface area contributed by atoms with Crippen molar-refractivity contribution >= 4 is 29.1 Å². The average molecular weight is 303 g/mol. The van der Waals surface area contributed by atoms with Crippen LogP contribution in [0.2, 0.25) is 5.02 Å². The van der Waals surface area contributed by atoms with E-state index in [2.05, 4.69) is 15.7 Å². The van der Waals surface area contributed by atoms with E-state index in [1.54, 1.807) is 18.2 Å². The van der Waals surface area contributed by atoms with Crippen molar-refractivity contribution in [3.8, 4) is 0 Å². The van der Waals surface area contributed by atoms with Gasteiger partial charge in [0, 0.05) is 34.2 Å². The molecule has 3 rings (SSSR count). The number of anilines is 1. The third kappa shape index (κ3) is 2.24. The van der Waals surface area contributed by atoms with Crippen molar-refractivity contribution in [3.63, 3.8) is 0 Å². The van der Waals surface area contributed by atoms with E-state index in [1.807, 2.05) is 0 Å². The van der Waals surface area contributed by atoms with Crippen molar-refractivity contribution in [2.45, 2.75) is 5.92 Å². The molecular formula is C14H11ClN4O2. The molecule has 1 aromatic heterocycles. The van der Waals surface area contributed by atoms with Gasteiger partial charge in [-0.05, 0) is 29.8 Å². The van der Waals surface area contributed by atoms with Crippen LogP contribution in [-0.2, 0) is 4.79 Å². The Bertz CT molecular complexity index is 748. The van der Waals surface area contributed by atoms with E-state index in [0.29, 0.717) is 27.4 Å². The van der Waals surface area contributed by atoms with Crippen LogP contribution in [0.25, 0.3) is 0 Å². The fraction of sp³-hybridized carbons (Fsp3) is 0.0714. The van der Waals surface area contributed by atoms with Gasteiger partial charge in [-0.1, -0.05) is 11.6 Å². The Kier molecular flexibility index (Phi) is 3.32. The standard InChI is InChI=1S/C14H11ClN4O2/c15-7-1-2-11-9(5-7)12(14(21)18-11)10-6-17-4-3-8(10)13(20)19-16/h1-6,12H,16H2,(H,18,21)(H,19,20)/t12-/m1/s1. The smallest absolute Gasteiger partial charge is 0.265 e. The monoisotopic (exact) mass is 302 g/mol. The van der Waals surface area contributed by atoms with E-state index in [-0.39, 0.29) is 5.91 Å². The molecule has 1 aliphatic rings. The largest absolute Gasteiger partial charge is 0.325 e. The van der Waals surface area contributed by atoms with Gasteiger partial charge in [0.25, 0.3) is 5.91 Å². The zero-order valence-electron chi connectivity index (χ0n) is 10.8. The molecule has 6 nitrogen and oxygen atoms in total. The van der Waals surface area contributed by atoms with E-state index < -0.39 is 11.8 Å². The second-order valence-electron chi connectivity index (χ2n) is 4.59. The van der Waals surface area contributed by atoms with Crippen LogP contribution < -0.4 is 16.6 Å². The number of hydrogen-bond acceptors (Lipinski definition) is 4. The number of nitrogens with zero attached hydrogens (tertiary/aromatic N) is 1. The summed E-state index contributed by atoms with van der Waals surface area (Å²) in [6, 6.07) is 6.65. The molecule has 0 aliphatic carbocycles. The Morgan fingerprint density at radius 1 is 1.33 bits per heavy atom. The number of carbonyl (C=O) groups is 2. The molecule has 1 aromatic carbocycles. The van der Waals surface area contributed by atoms with Gasteiger partial charge in [-0.25, -0.2) is 5.84 Å². The van der Waals surface area contributed by atoms with Crippen LogP contribution in [-0.4, -0.2) is 16.8 Å². The number of carbonyl (C=O) groups excluding carboxylic acids is 2. The summed E-state index contributed by atoms with van der Waals surface area (Å²) in [7, 11) is 0. The Hall–Kier alpha value is -2.44. The average Bonchev–Trinajstić information content (AvgIpc) is 2.81. The van der Waals surface area contributed by atoms with Gasteiger partial charge in [0.15, 0.2) is 0 Å². The molecule has 0 bridgehead atoms. The number of pyridine rings is 1. The van der Waals surface area contributed by atoms with Gasteiger partial charge in [0.1, 0.15) is 0 Å². The number of hydrogen-bond donors (Lipinski definition) is 3. The van der Waals surface area contributed by atoms with Gasteiger partial charge in [-0.3, -0.25) is 20.0 Å². The molecule has 0 radical (unpaired) electrons. The molecule has 2 amide bonds. The highest BCUT2D eigenvalue weighted by atomic mass is 35.5. The Labute approximate surface area is 125 Å². The van der Waals surface area contributed by atoms with E-state index in [1.165, 1.54) is 18.5 Å². The number of aromatic nitrogens is 1. The maximum absolute atomic E-state index is 12.3. The maximum atomic E-state index is 12.3. The number of hydrazine groups is 1. The van der Waals surface area contributed by atoms with E-state index in [9.17, 15) is 9.59 Å². The molecule has 7 heteroatoms. The summed E-state index contributed by atoms with van der Waals surface area (Å²) < 4.78 is 0. The van der Waals surface area contributed by atoms with E-state index in [4.69, 9.17) is 17.4 Å². The van der Waals surface area contributed by atoms with Crippen molar-refractivity contribution in [2.75, 3.05) is 5.32 Å². The molecule has 0 unspecified atom stereocenters. The summed E-state index contributed by atoms with van der Waals surface area (Å²) in [6.07, 6.45) is 2.96. The third-order valence-corrected chi connectivity index (χ3v) is 3.62. The Morgan fingerprint density at radius 3 is 2.90 bits per heavy atom. The first kappa shape index (κ1) is 13.5. The number of amides is 2. The molecule has 0 spiro atoms. The number of rotatable bonds is 2. The Morgan fingerprint density at radius 2 is 2.14 bits per heavy atom. The zero-order chi connectivity index (χ0) is 15.0. The quantitative estimate of drug-likeness (QED) is 0.444. The highest BCUT2D eigenvalue weighted by Gasteiger charge is 2.34. The predicted octanol–water partition coefficient (Wildman–Crippen LogP) is 1.42. The lowest BCUT2D eigenvalue weighted by atomic mass is 9.90.